The number of hydrogen-bond donors (Lipinski definition) is 2. The summed E-state index contributed by atoms with van der Waals surface area (Å²) in [5.74, 6) is -0.835. The van der Waals surface area contributed by atoms with Gasteiger partial charge in [0.1, 0.15) is 0 Å². The zero-order valence-corrected chi connectivity index (χ0v) is 14.3. The molecule has 0 bridgehead atoms. The Hall–Kier alpha value is -0.360. The van der Waals surface area contributed by atoms with Crippen LogP contribution in [0.5, 0.6) is 0 Å². The van der Waals surface area contributed by atoms with E-state index in [1.54, 1.807) is 12.1 Å². The lowest BCUT2D eigenvalue weighted by Gasteiger charge is -2.19. The van der Waals surface area contributed by atoms with Gasteiger partial charge in [-0.15, -0.1) is 0 Å². The van der Waals surface area contributed by atoms with E-state index in [1.807, 2.05) is 13.8 Å². The number of amides is 1. The van der Waals surface area contributed by atoms with Crippen LogP contribution >= 0.6 is 51.3 Å². The first kappa shape index (κ1) is 16.7. The molecule has 0 aliphatic heterocycles. The number of rotatable bonds is 4. The minimum absolute atomic E-state index is 0.00203. The molecule has 0 heterocycles. The number of anilines is 1. The van der Waals surface area contributed by atoms with E-state index in [2.05, 4.69) is 21.2 Å². The summed E-state index contributed by atoms with van der Waals surface area (Å²) in [5, 5.41) is 3.31. The summed E-state index contributed by atoms with van der Waals surface area (Å²) in [7, 11) is 0. The second-order valence-corrected chi connectivity index (χ2v) is 6.42. The lowest BCUT2D eigenvalue weighted by Crippen LogP contribution is -2.36. The number of halogens is 3. The normalized spacial score (nSPS) is 12.3. The minimum atomic E-state index is -0.548. The molecule has 1 aromatic carbocycles. The van der Waals surface area contributed by atoms with Crippen molar-refractivity contribution in [2.24, 2.45) is 17.6 Å². The van der Waals surface area contributed by atoms with E-state index in [1.165, 1.54) is 0 Å². The molecule has 0 aliphatic carbocycles. The Labute approximate surface area is 136 Å². The van der Waals surface area contributed by atoms with E-state index in [4.69, 9.17) is 41.2 Å². The summed E-state index contributed by atoms with van der Waals surface area (Å²) >= 11 is 20.2. The van der Waals surface area contributed by atoms with Crippen molar-refractivity contribution in [3.63, 3.8) is 0 Å². The van der Waals surface area contributed by atoms with E-state index in [-0.39, 0.29) is 21.8 Å². The monoisotopic (exact) mass is 382 g/mol. The number of carbonyl (C=O) groups is 1. The highest BCUT2D eigenvalue weighted by atomic mass is 79.9. The van der Waals surface area contributed by atoms with Gasteiger partial charge in [-0.05, 0) is 34.0 Å². The fourth-order valence-corrected chi connectivity index (χ4v) is 2.79. The van der Waals surface area contributed by atoms with Crippen molar-refractivity contribution < 1.29 is 4.79 Å². The van der Waals surface area contributed by atoms with Gasteiger partial charge in [0.15, 0.2) is 0 Å². The molecule has 0 fully saturated rings. The van der Waals surface area contributed by atoms with Gasteiger partial charge in [-0.25, -0.2) is 0 Å². The standard InChI is InChI=1S/C12H13BrCl2N2OS/c1-5(2)8(11(16)19)12(18)17-7-4-3-6(13)9(14)10(7)15/h3-5,8H,1-2H3,(H2,16,19)(H,17,18). The molecule has 3 N–H and O–H groups in total. The van der Waals surface area contributed by atoms with Gasteiger partial charge in [0.25, 0.3) is 0 Å². The van der Waals surface area contributed by atoms with Gasteiger partial charge in [0, 0.05) is 4.47 Å². The maximum absolute atomic E-state index is 12.2. The van der Waals surface area contributed by atoms with Crippen LogP contribution in [0.2, 0.25) is 10.0 Å². The van der Waals surface area contributed by atoms with Crippen LogP contribution in [0.15, 0.2) is 16.6 Å². The maximum Gasteiger partial charge on any atom is 0.234 e. The first-order chi connectivity index (χ1) is 8.75. The quantitative estimate of drug-likeness (QED) is 0.603. The molecule has 1 unspecified atom stereocenters. The maximum atomic E-state index is 12.2. The summed E-state index contributed by atoms with van der Waals surface area (Å²) in [5.41, 5.74) is 6.02. The van der Waals surface area contributed by atoms with E-state index in [0.29, 0.717) is 15.2 Å². The summed E-state index contributed by atoms with van der Waals surface area (Å²) < 4.78 is 0.659. The van der Waals surface area contributed by atoms with Crippen molar-refractivity contribution in [3.05, 3.63) is 26.7 Å². The molecule has 0 saturated carbocycles. The highest BCUT2D eigenvalue weighted by molar-refractivity contribution is 9.10. The summed E-state index contributed by atoms with van der Waals surface area (Å²) in [4.78, 5) is 12.3. The number of nitrogens with one attached hydrogen (secondary N) is 1. The first-order valence-corrected chi connectivity index (χ1v) is 7.45. The minimum Gasteiger partial charge on any atom is -0.393 e. The average molecular weight is 384 g/mol. The smallest absolute Gasteiger partial charge is 0.234 e. The van der Waals surface area contributed by atoms with Crippen LogP contribution in [0.3, 0.4) is 0 Å². The fraction of sp³-hybridized carbons (Fsp3) is 0.333. The second kappa shape index (κ2) is 6.88. The van der Waals surface area contributed by atoms with E-state index >= 15 is 0 Å². The lowest BCUT2D eigenvalue weighted by atomic mass is 9.95. The van der Waals surface area contributed by atoms with Crippen LogP contribution < -0.4 is 11.1 Å². The van der Waals surface area contributed by atoms with Crippen LogP contribution in [0.4, 0.5) is 5.69 Å². The molecule has 0 spiro atoms. The molecular formula is C12H13BrCl2N2OS. The Balaban J connectivity index is 3.00. The van der Waals surface area contributed by atoms with Gasteiger partial charge in [-0.1, -0.05) is 49.3 Å². The van der Waals surface area contributed by atoms with Gasteiger partial charge < -0.3 is 11.1 Å². The third-order valence-corrected chi connectivity index (χ3v) is 4.57. The summed E-state index contributed by atoms with van der Waals surface area (Å²) in [6, 6.07) is 3.36. The number of hydrogen-bond acceptors (Lipinski definition) is 2. The Morgan fingerprint density at radius 1 is 1.37 bits per heavy atom. The largest absolute Gasteiger partial charge is 0.393 e. The molecular weight excluding hydrogens is 371 g/mol. The summed E-state index contributed by atoms with van der Waals surface area (Å²) in [6.45, 7) is 3.75. The SMILES string of the molecule is CC(C)C(C(=O)Nc1ccc(Br)c(Cl)c1Cl)C(N)=S. The molecule has 1 aromatic rings. The van der Waals surface area contributed by atoms with Crippen molar-refractivity contribution in [2.75, 3.05) is 5.32 Å². The molecule has 0 radical (unpaired) electrons. The van der Waals surface area contributed by atoms with Crippen molar-refractivity contribution in [1.82, 2.24) is 0 Å². The molecule has 1 rings (SSSR count). The molecule has 0 aliphatic rings. The van der Waals surface area contributed by atoms with Crippen LogP contribution in [-0.2, 0) is 4.79 Å². The average Bonchev–Trinajstić information content (AvgIpc) is 2.29. The molecule has 3 nitrogen and oxygen atoms in total. The number of benzene rings is 1. The third kappa shape index (κ3) is 4.05. The molecule has 0 aromatic heterocycles. The van der Waals surface area contributed by atoms with E-state index in [0.717, 1.165) is 0 Å². The predicted octanol–water partition coefficient (Wildman–Crippen LogP) is 4.25. The van der Waals surface area contributed by atoms with Crippen LogP contribution in [0, 0.1) is 11.8 Å². The Morgan fingerprint density at radius 2 is 1.95 bits per heavy atom. The van der Waals surface area contributed by atoms with Crippen molar-refractivity contribution in [3.8, 4) is 0 Å². The molecule has 1 atom stereocenters. The van der Waals surface area contributed by atoms with Crippen molar-refractivity contribution in [2.45, 2.75) is 13.8 Å². The number of nitrogens with two attached hydrogens (primary N) is 1. The van der Waals surface area contributed by atoms with E-state index < -0.39 is 5.92 Å². The molecule has 0 saturated heterocycles. The van der Waals surface area contributed by atoms with Crippen molar-refractivity contribution in [1.29, 1.82) is 0 Å². The van der Waals surface area contributed by atoms with Gasteiger partial charge in [-0.3, -0.25) is 4.79 Å². The molecule has 19 heavy (non-hydrogen) atoms. The van der Waals surface area contributed by atoms with Crippen LogP contribution in [-0.4, -0.2) is 10.9 Å². The first-order valence-electron chi connectivity index (χ1n) is 5.49. The Kier molecular flexibility index (Phi) is 6.05. The zero-order valence-electron chi connectivity index (χ0n) is 10.3. The number of thiocarbonyl (C=S) groups is 1. The third-order valence-electron chi connectivity index (χ3n) is 2.55. The summed E-state index contributed by atoms with van der Waals surface area (Å²) in [6.07, 6.45) is 0. The Morgan fingerprint density at radius 3 is 2.42 bits per heavy atom. The van der Waals surface area contributed by atoms with Crippen LogP contribution in [0.25, 0.3) is 0 Å². The van der Waals surface area contributed by atoms with Gasteiger partial charge in [0.2, 0.25) is 5.91 Å². The van der Waals surface area contributed by atoms with Crippen LogP contribution in [0.1, 0.15) is 13.8 Å². The van der Waals surface area contributed by atoms with Crippen molar-refractivity contribution >= 4 is 67.9 Å². The second-order valence-electron chi connectivity index (χ2n) is 4.34. The molecule has 1 amide bonds. The predicted molar refractivity (Wildman–Crippen MR) is 87.9 cm³/mol. The zero-order chi connectivity index (χ0) is 14.7. The topological polar surface area (TPSA) is 55.1 Å². The lowest BCUT2D eigenvalue weighted by molar-refractivity contribution is -0.118. The van der Waals surface area contributed by atoms with Gasteiger partial charge in [0.05, 0.1) is 26.6 Å². The fourth-order valence-electron chi connectivity index (χ4n) is 1.59. The highest BCUT2D eigenvalue weighted by Gasteiger charge is 2.25. The van der Waals surface area contributed by atoms with Gasteiger partial charge >= 0.3 is 0 Å². The Bertz CT molecular complexity index is 523. The molecule has 104 valence electrons. The highest BCUT2D eigenvalue weighted by Crippen LogP contribution is 2.36. The molecule has 7 heteroatoms. The van der Waals surface area contributed by atoms with Gasteiger partial charge in [-0.2, -0.15) is 0 Å². The number of carbonyl (C=O) groups excluding carboxylic acids is 1. The van der Waals surface area contributed by atoms with E-state index in [9.17, 15) is 4.79 Å².